The van der Waals surface area contributed by atoms with Crippen molar-refractivity contribution >= 4 is 38.5 Å². The molecule has 4 heteroatoms. The summed E-state index contributed by atoms with van der Waals surface area (Å²) in [5.41, 5.74) is 4.58. The predicted octanol–water partition coefficient (Wildman–Crippen LogP) is 9.03. The van der Waals surface area contributed by atoms with Gasteiger partial charge in [-0.25, -0.2) is 0 Å². The molecule has 1 heterocycles. The van der Waals surface area contributed by atoms with Crippen LogP contribution < -0.4 is 10.2 Å². The molecule has 178 valence electrons. The Morgan fingerprint density at radius 3 is 1.88 bits per heavy atom. The summed E-state index contributed by atoms with van der Waals surface area (Å²) in [6, 6.07) is 27.6. The Kier molecular flexibility index (Phi) is 7.09. The van der Waals surface area contributed by atoms with Crippen molar-refractivity contribution in [2.24, 2.45) is 5.41 Å². The fraction of sp³-hybridized carbons (Fsp3) is 0.333. The van der Waals surface area contributed by atoms with Crippen LogP contribution in [0.4, 0.5) is 11.6 Å². The Balaban J connectivity index is 1.82. The fourth-order valence-corrected chi connectivity index (χ4v) is 5.32. The van der Waals surface area contributed by atoms with Crippen LogP contribution in [0.2, 0.25) is 0 Å². The molecule has 0 aliphatic heterocycles. The zero-order valence-corrected chi connectivity index (χ0v) is 22.4. The zero-order valence-electron chi connectivity index (χ0n) is 20.9. The minimum atomic E-state index is -0.136. The standard InChI is InChI=1S/C30H35BrN2O/c1-29(2,3)21-30(4,5)32-28-27(25-18-24(31)16-17-26(25)34-28)33(19-22-12-8-6-9-13-22)20-23-14-10-7-11-15-23/h6-18,32H,19-21H2,1-5H3. The molecular weight excluding hydrogens is 484 g/mol. The van der Waals surface area contributed by atoms with Gasteiger partial charge in [0.25, 0.3) is 0 Å². The summed E-state index contributed by atoms with van der Waals surface area (Å²) in [4.78, 5) is 2.43. The van der Waals surface area contributed by atoms with E-state index in [9.17, 15) is 0 Å². The molecule has 0 aliphatic rings. The summed E-state index contributed by atoms with van der Waals surface area (Å²) in [6.45, 7) is 12.9. The van der Waals surface area contributed by atoms with Gasteiger partial charge in [-0.2, -0.15) is 0 Å². The van der Waals surface area contributed by atoms with Crippen LogP contribution in [0.1, 0.15) is 52.2 Å². The van der Waals surface area contributed by atoms with Crippen LogP contribution in [-0.4, -0.2) is 5.54 Å². The summed E-state index contributed by atoms with van der Waals surface area (Å²) in [5, 5.41) is 4.89. The third-order valence-electron chi connectivity index (χ3n) is 5.80. The normalized spacial score (nSPS) is 12.2. The average Bonchev–Trinajstić information content (AvgIpc) is 3.09. The number of benzene rings is 3. The molecule has 1 aromatic heterocycles. The molecule has 1 N–H and O–H groups in total. The highest BCUT2D eigenvalue weighted by Crippen LogP contribution is 2.43. The largest absolute Gasteiger partial charge is 0.438 e. The molecule has 3 aromatic carbocycles. The number of hydrogen-bond acceptors (Lipinski definition) is 3. The number of halogens is 1. The van der Waals surface area contributed by atoms with E-state index < -0.39 is 0 Å². The second-order valence-corrected chi connectivity index (χ2v) is 11.9. The first-order chi connectivity index (χ1) is 16.1. The molecule has 0 saturated carbocycles. The molecular formula is C30H35BrN2O. The molecule has 0 spiro atoms. The van der Waals surface area contributed by atoms with Crippen molar-refractivity contribution in [2.75, 3.05) is 10.2 Å². The number of nitrogens with one attached hydrogen (secondary N) is 1. The summed E-state index contributed by atoms with van der Waals surface area (Å²) < 4.78 is 7.53. The van der Waals surface area contributed by atoms with E-state index in [1.165, 1.54) is 11.1 Å². The summed E-state index contributed by atoms with van der Waals surface area (Å²) in [5.74, 6) is 0.828. The Morgan fingerprint density at radius 1 is 0.794 bits per heavy atom. The topological polar surface area (TPSA) is 28.4 Å². The van der Waals surface area contributed by atoms with Crippen LogP contribution in [0.5, 0.6) is 0 Å². The molecule has 4 aromatic rings. The Bertz CT molecular complexity index is 1180. The number of nitrogens with zero attached hydrogens (tertiary/aromatic N) is 1. The van der Waals surface area contributed by atoms with Gasteiger partial charge in [0.2, 0.25) is 5.88 Å². The second-order valence-electron chi connectivity index (χ2n) is 11.0. The maximum absolute atomic E-state index is 6.49. The van der Waals surface area contributed by atoms with Gasteiger partial charge in [0, 0.05) is 28.5 Å². The number of rotatable bonds is 8. The Hall–Kier alpha value is -2.72. The zero-order chi connectivity index (χ0) is 24.3. The SMILES string of the molecule is CC(C)(C)CC(C)(C)Nc1oc2ccc(Br)cc2c1N(Cc1ccccc1)Cc1ccccc1. The van der Waals surface area contributed by atoms with Gasteiger partial charge in [0.15, 0.2) is 0 Å². The van der Waals surface area contributed by atoms with E-state index in [-0.39, 0.29) is 11.0 Å². The monoisotopic (exact) mass is 518 g/mol. The van der Waals surface area contributed by atoms with Gasteiger partial charge in [0.1, 0.15) is 11.3 Å². The number of fused-ring (bicyclic) bond motifs is 1. The minimum Gasteiger partial charge on any atom is -0.438 e. The van der Waals surface area contributed by atoms with Crippen molar-refractivity contribution in [2.45, 2.75) is 59.7 Å². The minimum absolute atomic E-state index is 0.136. The maximum Gasteiger partial charge on any atom is 0.218 e. The summed E-state index contributed by atoms with van der Waals surface area (Å²) >= 11 is 3.68. The Labute approximate surface area is 212 Å². The van der Waals surface area contributed by atoms with Crippen LogP contribution in [-0.2, 0) is 13.1 Å². The van der Waals surface area contributed by atoms with Crippen molar-refractivity contribution in [1.82, 2.24) is 0 Å². The molecule has 0 amide bonds. The van der Waals surface area contributed by atoms with E-state index in [2.05, 4.69) is 127 Å². The van der Waals surface area contributed by atoms with Crippen molar-refractivity contribution in [1.29, 1.82) is 0 Å². The molecule has 0 atom stereocenters. The van der Waals surface area contributed by atoms with Crippen molar-refractivity contribution < 1.29 is 4.42 Å². The quantitative estimate of drug-likeness (QED) is 0.252. The average molecular weight is 520 g/mol. The third-order valence-corrected chi connectivity index (χ3v) is 6.29. The lowest BCUT2D eigenvalue weighted by atomic mass is 9.82. The van der Waals surface area contributed by atoms with Gasteiger partial charge in [-0.1, -0.05) is 97.4 Å². The molecule has 0 fully saturated rings. The predicted molar refractivity (Wildman–Crippen MR) is 148 cm³/mol. The van der Waals surface area contributed by atoms with E-state index >= 15 is 0 Å². The lowest BCUT2D eigenvalue weighted by Crippen LogP contribution is -2.36. The van der Waals surface area contributed by atoms with Gasteiger partial charge in [-0.3, -0.25) is 0 Å². The van der Waals surface area contributed by atoms with Gasteiger partial charge >= 0.3 is 0 Å². The van der Waals surface area contributed by atoms with Crippen LogP contribution >= 0.6 is 15.9 Å². The van der Waals surface area contributed by atoms with E-state index in [1.54, 1.807) is 0 Å². The van der Waals surface area contributed by atoms with Crippen LogP contribution in [0.3, 0.4) is 0 Å². The highest BCUT2D eigenvalue weighted by molar-refractivity contribution is 9.10. The molecule has 0 radical (unpaired) electrons. The van der Waals surface area contributed by atoms with Crippen LogP contribution in [0.15, 0.2) is 87.8 Å². The van der Waals surface area contributed by atoms with Gasteiger partial charge < -0.3 is 14.6 Å². The number of furan rings is 1. The number of anilines is 2. The molecule has 0 unspecified atom stereocenters. The summed E-state index contributed by atoms with van der Waals surface area (Å²) in [7, 11) is 0. The number of hydrogen-bond donors (Lipinski definition) is 1. The van der Waals surface area contributed by atoms with Crippen LogP contribution in [0.25, 0.3) is 11.0 Å². The Morgan fingerprint density at radius 2 is 1.35 bits per heavy atom. The van der Waals surface area contributed by atoms with Crippen molar-refractivity contribution in [3.63, 3.8) is 0 Å². The smallest absolute Gasteiger partial charge is 0.218 e. The van der Waals surface area contributed by atoms with E-state index in [0.29, 0.717) is 0 Å². The maximum atomic E-state index is 6.49. The van der Waals surface area contributed by atoms with Gasteiger partial charge in [0.05, 0.1) is 0 Å². The second kappa shape index (κ2) is 9.87. The molecule has 0 saturated heterocycles. The highest BCUT2D eigenvalue weighted by Gasteiger charge is 2.29. The third kappa shape index (κ3) is 6.24. The molecule has 3 nitrogen and oxygen atoms in total. The van der Waals surface area contributed by atoms with Gasteiger partial charge in [-0.05, 0) is 55.0 Å². The van der Waals surface area contributed by atoms with Gasteiger partial charge in [-0.15, -0.1) is 0 Å². The van der Waals surface area contributed by atoms with E-state index in [1.807, 2.05) is 12.1 Å². The van der Waals surface area contributed by atoms with Crippen molar-refractivity contribution in [3.8, 4) is 0 Å². The van der Waals surface area contributed by atoms with Crippen LogP contribution in [0, 0.1) is 5.41 Å². The summed E-state index contributed by atoms with van der Waals surface area (Å²) in [6.07, 6.45) is 1.01. The highest BCUT2D eigenvalue weighted by atomic mass is 79.9. The fourth-order valence-electron chi connectivity index (χ4n) is 4.95. The van der Waals surface area contributed by atoms with E-state index in [4.69, 9.17) is 4.42 Å². The molecule has 0 bridgehead atoms. The first kappa shape index (κ1) is 24.4. The first-order valence-electron chi connectivity index (χ1n) is 11.9. The molecule has 0 aliphatic carbocycles. The lowest BCUT2D eigenvalue weighted by Gasteiger charge is -2.34. The molecule has 34 heavy (non-hydrogen) atoms. The molecule has 4 rings (SSSR count). The van der Waals surface area contributed by atoms with E-state index in [0.717, 1.165) is 46.5 Å². The lowest BCUT2D eigenvalue weighted by molar-refractivity contribution is 0.299. The first-order valence-corrected chi connectivity index (χ1v) is 12.7. The van der Waals surface area contributed by atoms with Crippen molar-refractivity contribution in [3.05, 3.63) is 94.5 Å².